The van der Waals surface area contributed by atoms with E-state index >= 15 is 0 Å². The number of thiazole rings is 1. The van der Waals surface area contributed by atoms with E-state index in [4.69, 9.17) is 10.5 Å². The predicted molar refractivity (Wildman–Crippen MR) is 79.4 cm³/mol. The lowest BCUT2D eigenvalue weighted by molar-refractivity contribution is 0.453. The first kappa shape index (κ1) is 13.1. The molecule has 0 amide bonds. The third-order valence-corrected chi connectivity index (χ3v) is 3.91. The molecule has 3 aromatic heterocycles. The van der Waals surface area contributed by atoms with Gasteiger partial charge in [0.1, 0.15) is 5.75 Å². The zero-order chi connectivity index (χ0) is 13.9. The third kappa shape index (κ3) is 2.52. The summed E-state index contributed by atoms with van der Waals surface area (Å²) in [4.78, 5) is 9.50. The quantitative estimate of drug-likeness (QED) is 0.784. The maximum absolute atomic E-state index is 6.08. The van der Waals surface area contributed by atoms with Gasteiger partial charge in [0, 0.05) is 30.2 Å². The highest BCUT2D eigenvalue weighted by molar-refractivity contribution is 7.15. The average molecular weight is 288 g/mol. The standard InChI is InChI=1S/C14H16N4OS/c1-2-10(15)8-12-13(17-14-18(12)6-7-20-14)19-11-4-3-5-16-9-11/h3-7,9-10H,2,8,15H2,1H3. The van der Waals surface area contributed by atoms with Gasteiger partial charge in [-0.25, -0.2) is 0 Å². The fourth-order valence-corrected chi connectivity index (χ4v) is 2.72. The van der Waals surface area contributed by atoms with Crippen molar-refractivity contribution in [2.24, 2.45) is 5.73 Å². The number of hydrogen-bond donors (Lipinski definition) is 1. The van der Waals surface area contributed by atoms with Gasteiger partial charge >= 0.3 is 0 Å². The maximum Gasteiger partial charge on any atom is 0.242 e. The molecule has 3 aromatic rings. The highest BCUT2D eigenvalue weighted by atomic mass is 32.1. The molecule has 0 spiro atoms. The topological polar surface area (TPSA) is 65.4 Å². The van der Waals surface area contributed by atoms with Gasteiger partial charge in [-0.15, -0.1) is 11.3 Å². The molecule has 0 saturated heterocycles. The van der Waals surface area contributed by atoms with Crippen molar-refractivity contribution in [1.82, 2.24) is 14.4 Å². The highest BCUT2D eigenvalue weighted by Gasteiger charge is 2.17. The van der Waals surface area contributed by atoms with E-state index in [2.05, 4.69) is 16.9 Å². The van der Waals surface area contributed by atoms with Crippen LogP contribution in [0.5, 0.6) is 11.6 Å². The number of hydrogen-bond acceptors (Lipinski definition) is 5. The zero-order valence-corrected chi connectivity index (χ0v) is 12.0. The number of nitrogens with zero attached hydrogens (tertiary/aromatic N) is 3. The van der Waals surface area contributed by atoms with Crippen molar-refractivity contribution in [3.8, 4) is 11.6 Å². The molecule has 0 fully saturated rings. The molecule has 0 aliphatic carbocycles. The molecule has 6 heteroatoms. The molecule has 0 radical (unpaired) electrons. The van der Waals surface area contributed by atoms with Crippen molar-refractivity contribution in [2.75, 3.05) is 0 Å². The van der Waals surface area contributed by atoms with Crippen molar-refractivity contribution in [3.63, 3.8) is 0 Å². The van der Waals surface area contributed by atoms with Crippen LogP contribution in [-0.2, 0) is 6.42 Å². The molecule has 0 saturated carbocycles. The first-order chi connectivity index (χ1) is 9.78. The second-order valence-electron chi connectivity index (χ2n) is 4.58. The van der Waals surface area contributed by atoms with Crippen LogP contribution < -0.4 is 10.5 Å². The van der Waals surface area contributed by atoms with Crippen molar-refractivity contribution >= 4 is 16.3 Å². The molecule has 2 N–H and O–H groups in total. The molecule has 104 valence electrons. The van der Waals surface area contributed by atoms with Gasteiger partial charge in [0.05, 0.1) is 11.9 Å². The molecule has 0 bridgehead atoms. The molecule has 3 rings (SSSR count). The number of rotatable bonds is 5. The highest BCUT2D eigenvalue weighted by Crippen LogP contribution is 2.28. The number of pyridine rings is 1. The third-order valence-electron chi connectivity index (χ3n) is 3.15. The van der Waals surface area contributed by atoms with Crippen LogP contribution in [0.1, 0.15) is 19.0 Å². The van der Waals surface area contributed by atoms with E-state index in [0.29, 0.717) is 11.6 Å². The minimum Gasteiger partial charge on any atom is -0.436 e. The molecule has 0 aliphatic heterocycles. The van der Waals surface area contributed by atoms with E-state index in [9.17, 15) is 0 Å². The van der Waals surface area contributed by atoms with Gasteiger partial charge in [-0.2, -0.15) is 4.98 Å². The predicted octanol–water partition coefficient (Wildman–Crippen LogP) is 2.86. The van der Waals surface area contributed by atoms with Gasteiger partial charge in [-0.05, 0) is 18.6 Å². The number of ether oxygens (including phenoxy) is 1. The van der Waals surface area contributed by atoms with Gasteiger partial charge in [0.25, 0.3) is 0 Å². The molecule has 0 aliphatic rings. The normalized spacial score (nSPS) is 12.7. The lowest BCUT2D eigenvalue weighted by Crippen LogP contribution is -2.22. The van der Waals surface area contributed by atoms with E-state index in [1.807, 2.05) is 28.1 Å². The van der Waals surface area contributed by atoms with Crippen LogP contribution in [0.2, 0.25) is 0 Å². The van der Waals surface area contributed by atoms with Crippen LogP contribution in [0.3, 0.4) is 0 Å². The molecule has 3 heterocycles. The van der Waals surface area contributed by atoms with Crippen molar-refractivity contribution in [3.05, 3.63) is 41.8 Å². The van der Waals surface area contributed by atoms with Crippen LogP contribution in [0, 0.1) is 0 Å². The molecule has 5 nitrogen and oxygen atoms in total. The molecule has 20 heavy (non-hydrogen) atoms. The Morgan fingerprint density at radius 1 is 1.50 bits per heavy atom. The van der Waals surface area contributed by atoms with Gasteiger partial charge in [-0.3, -0.25) is 9.38 Å². The van der Waals surface area contributed by atoms with E-state index in [1.165, 1.54) is 0 Å². The van der Waals surface area contributed by atoms with Crippen LogP contribution in [-0.4, -0.2) is 20.4 Å². The van der Waals surface area contributed by atoms with E-state index < -0.39 is 0 Å². The van der Waals surface area contributed by atoms with Crippen LogP contribution >= 0.6 is 11.3 Å². The van der Waals surface area contributed by atoms with Gasteiger partial charge in [-0.1, -0.05) is 6.92 Å². The second-order valence-corrected chi connectivity index (χ2v) is 5.46. The van der Waals surface area contributed by atoms with Gasteiger partial charge in [0.15, 0.2) is 4.96 Å². The number of nitrogens with two attached hydrogens (primary N) is 1. The Kier molecular flexibility index (Phi) is 3.66. The lowest BCUT2D eigenvalue weighted by atomic mass is 10.1. The Hall–Kier alpha value is -1.92. The molecular weight excluding hydrogens is 272 g/mol. The average Bonchev–Trinajstić information content (AvgIpc) is 3.03. The lowest BCUT2D eigenvalue weighted by Gasteiger charge is -2.10. The van der Waals surface area contributed by atoms with E-state index in [1.54, 1.807) is 23.7 Å². The summed E-state index contributed by atoms with van der Waals surface area (Å²) < 4.78 is 7.90. The van der Waals surface area contributed by atoms with Crippen LogP contribution in [0.4, 0.5) is 0 Å². The smallest absolute Gasteiger partial charge is 0.242 e. The Morgan fingerprint density at radius 3 is 3.15 bits per heavy atom. The van der Waals surface area contributed by atoms with Crippen molar-refractivity contribution < 1.29 is 4.74 Å². The summed E-state index contributed by atoms with van der Waals surface area (Å²) in [5.41, 5.74) is 7.09. The SMILES string of the molecule is CCC(N)Cc1c(Oc2cccnc2)nc2sccn12. The Morgan fingerprint density at radius 2 is 2.40 bits per heavy atom. The summed E-state index contributed by atoms with van der Waals surface area (Å²) in [6, 6.07) is 3.81. The molecular formula is C14H16N4OS. The minimum absolute atomic E-state index is 0.103. The summed E-state index contributed by atoms with van der Waals surface area (Å²) in [6.45, 7) is 2.08. The largest absolute Gasteiger partial charge is 0.436 e. The first-order valence-corrected chi connectivity index (χ1v) is 7.43. The van der Waals surface area contributed by atoms with E-state index in [0.717, 1.165) is 23.5 Å². The summed E-state index contributed by atoms with van der Waals surface area (Å²) in [7, 11) is 0. The first-order valence-electron chi connectivity index (χ1n) is 6.55. The maximum atomic E-state index is 6.08. The van der Waals surface area contributed by atoms with Crippen molar-refractivity contribution in [1.29, 1.82) is 0 Å². The zero-order valence-electron chi connectivity index (χ0n) is 11.2. The monoisotopic (exact) mass is 288 g/mol. The van der Waals surface area contributed by atoms with Gasteiger partial charge < -0.3 is 10.5 Å². The Bertz CT molecular complexity index is 692. The van der Waals surface area contributed by atoms with E-state index in [-0.39, 0.29) is 6.04 Å². The minimum atomic E-state index is 0.103. The Labute approximate surface area is 121 Å². The molecule has 1 atom stereocenters. The number of aromatic nitrogens is 3. The summed E-state index contributed by atoms with van der Waals surface area (Å²) in [5, 5.41) is 2.01. The number of fused-ring (bicyclic) bond motifs is 1. The number of imidazole rings is 1. The summed E-state index contributed by atoms with van der Waals surface area (Å²) >= 11 is 1.58. The van der Waals surface area contributed by atoms with Crippen LogP contribution in [0.25, 0.3) is 4.96 Å². The van der Waals surface area contributed by atoms with Crippen LogP contribution in [0.15, 0.2) is 36.1 Å². The summed E-state index contributed by atoms with van der Waals surface area (Å²) in [6.07, 6.45) is 7.05. The summed E-state index contributed by atoms with van der Waals surface area (Å²) in [5.74, 6) is 1.30. The van der Waals surface area contributed by atoms with Gasteiger partial charge in [0.2, 0.25) is 5.88 Å². The fraction of sp³-hybridized carbons (Fsp3) is 0.286. The molecule has 0 aromatic carbocycles. The Balaban J connectivity index is 1.96. The van der Waals surface area contributed by atoms with Crippen molar-refractivity contribution in [2.45, 2.75) is 25.8 Å². The molecule has 1 unspecified atom stereocenters. The fourth-order valence-electron chi connectivity index (χ4n) is 1.99. The second kappa shape index (κ2) is 5.60.